The van der Waals surface area contributed by atoms with Crippen LogP contribution in [0.15, 0.2) is 47.8 Å². The molecule has 0 aliphatic heterocycles. The zero-order valence-corrected chi connectivity index (χ0v) is 14.1. The van der Waals surface area contributed by atoms with Crippen molar-refractivity contribution in [1.29, 1.82) is 0 Å². The van der Waals surface area contributed by atoms with E-state index in [2.05, 4.69) is 17.6 Å². The fourth-order valence-corrected chi connectivity index (χ4v) is 2.99. The first kappa shape index (κ1) is 17.2. The Kier molecular flexibility index (Phi) is 6.81. The van der Waals surface area contributed by atoms with Crippen molar-refractivity contribution >= 4 is 23.2 Å². The van der Waals surface area contributed by atoms with Gasteiger partial charge in [-0.15, -0.1) is 11.3 Å². The predicted molar refractivity (Wildman–Crippen MR) is 93.5 cm³/mol. The minimum atomic E-state index is -0.124. The topological polar surface area (TPSA) is 58.2 Å². The van der Waals surface area contributed by atoms with Crippen LogP contribution in [0.4, 0.5) is 0 Å². The van der Waals surface area contributed by atoms with Gasteiger partial charge in [-0.25, -0.2) is 0 Å². The molecule has 2 rings (SSSR count). The van der Waals surface area contributed by atoms with Crippen molar-refractivity contribution in [2.75, 3.05) is 6.54 Å². The smallest absolute Gasteiger partial charge is 0.261 e. The summed E-state index contributed by atoms with van der Waals surface area (Å²) in [6.07, 6.45) is 2.18. The summed E-state index contributed by atoms with van der Waals surface area (Å²) < 4.78 is 0. The van der Waals surface area contributed by atoms with Gasteiger partial charge in [-0.1, -0.05) is 49.7 Å². The van der Waals surface area contributed by atoms with Gasteiger partial charge in [0.2, 0.25) is 5.91 Å². The Morgan fingerprint density at radius 1 is 1.13 bits per heavy atom. The van der Waals surface area contributed by atoms with Crippen LogP contribution in [0.1, 0.15) is 47.5 Å². The second-order valence-corrected chi connectivity index (χ2v) is 6.25. The Labute approximate surface area is 140 Å². The highest BCUT2D eigenvalue weighted by Crippen LogP contribution is 2.18. The van der Waals surface area contributed by atoms with E-state index < -0.39 is 0 Å². The average molecular weight is 330 g/mol. The van der Waals surface area contributed by atoms with Gasteiger partial charge in [0.15, 0.2) is 0 Å². The summed E-state index contributed by atoms with van der Waals surface area (Å²) in [6, 6.07) is 13.6. The van der Waals surface area contributed by atoms with E-state index in [1.54, 1.807) is 6.07 Å². The van der Waals surface area contributed by atoms with Gasteiger partial charge in [-0.05, 0) is 23.4 Å². The molecule has 0 saturated heterocycles. The fraction of sp³-hybridized carbons (Fsp3) is 0.333. The molecule has 2 amide bonds. The Morgan fingerprint density at radius 3 is 2.57 bits per heavy atom. The van der Waals surface area contributed by atoms with Gasteiger partial charge in [-0.3, -0.25) is 9.59 Å². The van der Waals surface area contributed by atoms with Gasteiger partial charge < -0.3 is 10.6 Å². The summed E-state index contributed by atoms with van der Waals surface area (Å²) in [7, 11) is 0. The van der Waals surface area contributed by atoms with E-state index in [1.807, 2.05) is 41.8 Å². The summed E-state index contributed by atoms with van der Waals surface area (Å²) in [6.45, 7) is 2.44. The third-order valence-corrected chi connectivity index (χ3v) is 4.37. The van der Waals surface area contributed by atoms with Crippen molar-refractivity contribution in [1.82, 2.24) is 10.6 Å². The molecule has 23 heavy (non-hydrogen) atoms. The predicted octanol–water partition coefficient (Wildman–Crippen LogP) is 3.53. The largest absolute Gasteiger partial charge is 0.351 e. The number of carbonyl (C=O) groups is 2. The Bertz CT molecular complexity index is 611. The van der Waals surface area contributed by atoms with E-state index in [0.717, 1.165) is 18.4 Å². The monoisotopic (exact) mass is 330 g/mol. The lowest BCUT2D eigenvalue weighted by atomic mass is 10.0. The molecule has 0 saturated carbocycles. The minimum absolute atomic E-state index is 0.0293. The second-order valence-electron chi connectivity index (χ2n) is 5.30. The van der Waals surface area contributed by atoms with Crippen molar-refractivity contribution in [3.63, 3.8) is 0 Å². The number of hydrogen-bond donors (Lipinski definition) is 2. The van der Waals surface area contributed by atoms with Gasteiger partial charge in [0.05, 0.1) is 10.9 Å². The molecule has 0 aliphatic rings. The first-order valence-electron chi connectivity index (χ1n) is 7.86. The normalized spacial score (nSPS) is 11.7. The van der Waals surface area contributed by atoms with Crippen molar-refractivity contribution in [3.05, 3.63) is 58.3 Å². The third-order valence-electron chi connectivity index (χ3n) is 3.50. The highest BCUT2D eigenvalue weighted by molar-refractivity contribution is 7.12. The Hall–Kier alpha value is -2.14. The highest BCUT2D eigenvalue weighted by atomic mass is 32.1. The SMILES string of the molecule is CCCC(NC(=O)CCNC(=O)c1cccs1)c1ccccc1. The molecule has 0 radical (unpaired) electrons. The lowest BCUT2D eigenvalue weighted by Crippen LogP contribution is -2.32. The van der Waals surface area contributed by atoms with Crippen LogP contribution < -0.4 is 10.6 Å². The number of thiophene rings is 1. The molecule has 1 atom stereocenters. The van der Waals surface area contributed by atoms with Gasteiger partial charge in [0.25, 0.3) is 5.91 Å². The van der Waals surface area contributed by atoms with Gasteiger partial charge in [-0.2, -0.15) is 0 Å². The summed E-state index contributed by atoms with van der Waals surface area (Å²) in [5, 5.41) is 7.68. The molecule has 0 fully saturated rings. The fourth-order valence-electron chi connectivity index (χ4n) is 2.35. The van der Waals surface area contributed by atoms with Crippen LogP contribution in [0.25, 0.3) is 0 Å². The molecule has 1 aromatic heterocycles. The molecule has 4 nitrogen and oxygen atoms in total. The molecular weight excluding hydrogens is 308 g/mol. The summed E-state index contributed by atoms with van der Waals surface area (Å²) in [5.74, 6) is -0.167. The molecular formula is C18H22N2O2S. The first-order valence-corrected chi connectivity index (χ1v) is 8.74. The lowest BCUT2D eigenvalue weighted by molar-refractivity contribution is -0.121. The molecule has 5 heteroatoms. The van der Waals surface area contributed by atoms with Gasteiger partial charge >= 0.3 is 0 Å². The van der Waals surface area contributed by atoms with Crippen LogP contribution in [-0.4, -0.2) is 18.4 Å². The standard InChI is InChI=1S/C18H22N2O2S/c1-2-7-15(14-8-4-3-5-9-14)20-17(21)11-12-19-18(22)16-10-6-13-23-16/h3-6,8-10,13,15H,2,7,11-12H2,1H3,(H,19,22)(H,20,21). The summed E-state index contributed by atoms with van der Waals surface area (Å²) in [4.78, 5) is 24.6. The molecule has 0 bridgehead atoms. The van der Waals surface area contributed by atoms with Gasteiger partial charge in [0, 0.05) is 13.0 Å². The summed E-state index contributed by atoms with van der Waals surface area (Å²) >= 11 is 1.39. The molecule has 0 spiro atoms. The number of amides is 2. The van der Waals surface area contributed by atoms with E-state index in [-0.39, 0.29) is 24.3 Å². The highest BCUT2D eigenvalue weighted by Gasteiger charge is 2.14. The van der Waals surface area contributed by atoms with Crippen LogP contribution in [0.5, 0.6) is 0 Å². The van der Waals surface area contributed by atoms with Crippen molar-refractivity contribution in [2.45, 2.75) is 32.2 Å². The van der Waals surface area contributed by atoms with Crippen LogP contribution >= 0.6 is 11.3 Å². The maximum absolute atomic E-state index is 12.1. The molecule has 1 aromatic carbocycles. The van der Waals surface area contributed by atoms with Crippen molar-refractivity contribution in [3.8, 4) is 0 Å². The zero-order valence-electron chi connectivity index (χ0n) is 13.2. The molecule has 2 N–H and O–H groups in total. The van der Waals surface area contributed by atoms with E-state index in [0.29, 0.717) is 11.4 Å². The van der Waals surface area contributed by atoms with Crippen LogP contribution in [-0.2, 0) is 4.79 Å². The van der Waals surface area contributed by atoms with Gasteiger partial charge in [0.1, 0.15) is 0 Å². The number of carbonyl (C=O) groups excluding carboxylic acids is 2. The maximum atomic E-state index is 12.1. The lowest BCUT2D eigenvalue weighted by Gasteiger charge is -2.18. The number of rotatable bonds is 8. The quantitative estimate of drug-likeness (QED) is 0.778. The Morgan fingerprint density at radius 2 is 1.91 bits per heavy atom. The van der Waals surface area contributed by atoms with E-state index in [1.165, 1.54) is 11.3 Å². The second kappa shape index (κ2) is 9.10. The van der Waals surface area contributed by atoms with E-state index in [9.17, 15) is 9.59 Å². The number of benzene rings is 1. The molecule has 1 heterocycles. The zero-order chi connectivity index (χ0) is 16.5. The van der Waals surface area contributed by atoms with Crippen LogP contribution in [0.3, 0.4) is 0 Å². The maximum Gasteiger partial charge on any atom is 0.261 e. The molecule has 2 aromatic rings. The van der Waals surface area contributed by atoms with Crippen molar-refractivity contribution in [2.24, 2.45) is 0 Å². The first-order chi connectivity index (χ1) is 11.2. The average Bonchev–Trinajstić information content (AvgIpc) is 3.10. The summed E-state index contributed by atoms with van der Waals surface area (Å²) in [5.41, 5.74) is 1.12. The third kappa shape index (κ3) is 5.53. The van der Waals surface area contributed by atoms with Crippen molar-refractivity contribution < 1.29 is 9.59 Å². The Balaban J connectivity index is 1.79. The molecule has 0 aliphatic carbocycles. The van der Waals surface area contributed by atoms with Crippen LogP contribution in [0.2, 0.25) is 0 Å². The van der Waals surface area contributed by atoms with Crippen LogP contribution in [0, 0.1) is 0 Å². The minimum Gasteiger partial charge on any atom is -0.351 e. The number of hydrogen-bond acceptors (Lipinski definition) is 3. The molecule has 1 unspecified atom stereocenters. The number of nitrogens with one attached hydrogen (secondary N) is 2. The molecule has 122 valence electrons. The van der Waals surface area contributed by atoms with E-state index >= 15 is 0 Å². The van der Waals surface area contributed by atoms with E-state index in [4.69, 9.17) is 0 Å².